The maximum absolute atomic E-state index is 11.6. The maximum Gasteiger partial charge on any atom is 0.224 e. The van der Waals surface area contributed by atoms with Crippen molar-refractivity contribution in [3.63, 3.8) is 0 Å². The first kappa shape index (κ1) is 12.2. The standard InChI is InChI=1S/C12H15N5O/c1-2-3-7-12(18)14-10-5-4-6-11(8-10)17-9-13-15-16-17/h4-6,8-9H,2-3,7H2,1H3,(H,14,18). The zero-order valence-electron chi connectivity index (χ0n) is 10.2. The smallest absolute Gasteiger partial charge is 0.224 e. The molecule has 2 aromatic rings. The summed E-state index contributed by atoms with van der Waals surface area (Å²) in [6.45, 7) is 2.06. The molecule has 18 heavy (non-hydrogen) atoms. The Morgan fingerprint density at radius 2 is 2.33 bits per heavy atom. The van der Waals surface area contributed by atoms with E-state index in [-0.39, 0.29) is 5.91 Å². The Labute approximate surface area is 105 Å². The fraction of sp³-hybridized carbons (Fsp3) is 0.333. The maximum atomic E-state index is 11.6. The van der Waals surface area contributed by atoms with Crippen molar-refractivity contribution in [2.24, 2.45) is 0 Å². The Hall–Kier alpha value is -2.24. The third kappa shape index (κ3) is 3.13. The highest BCUT2D eigenvalue weighted by Crippen LogP contribution is 2.13. The molecule has 0 atom stereocenters. The molecule has 0 radical (unpaired) electrons. The number of aromatic nitrogens is 4. The largest absolute Gasteiger partial charge is 0.326 e. The number of anilines is 1. The van der Waals surface area contributed by atoms with E-state index in [1.807, 2.05) is 24.3 Å². The Balaban J connectivity index is 2.06. The molecule has 0 fully saturated rings. The van der Waals surface area contributed by atoms with Crippen molar-refractivity contribution in [2.75, 3.05) is 5.32 Å². The molecule has 1 N–H and O–H groups in total. The van der Waals surface area contributed by atoms with Crippen LogP contribution in [0.3, 0.4) is 0 Å². The van der Waals surface area contributed by atoms with Crippen LogP contribution in [-0.4, -0.2) is 26.1 Å². The van der Waals surface area contributed by atoms with Crippen LogP contribution in [0, 0.1) is 0 Å². The van der Waals surface area contributed by atoms with E-state index in [0.717, 1.165) is 24.2 Å². The van der Waals surface area contributed by atoms with Gasteiger partial charge in [-0.2, -0.15) is 0 Å². The van der Waals surface area contributed by atoms with E-state index in [0.29, 0.717) is 6.42 Å². The number of nitrogens with zero attached hydrogens (tertiary/aromatic N) is 4. The molecule has 0 aliphatic rings. The van der Waals surface area contributed by atoms with Crippen LogP contribution in [0.1, 0.15) is 26.2 Å². The molecule has 94 valence electrons. The molecular weight excluding hydrogens is 230 g/mol. The lowest BCUT2D eigenvalue weighted by Crippen LogP contribution is -2.11. The van der Waals surface area contributed by atoms with Crippen LogP contribution in [0.2, 0.25) is 0 Å². The van der Waals surface area contributed by atoms with Gasteiger partial charge in [-0.3, -0.25) is 4.79 Å². The van der Waals surface area contributed by atoms with Crippen LogP contribution >= 0.6 is 0 Å². The SMILES string of the molecule is CCCCC(=O)Nc1cccc(-n2cnnn2)c1. The van der Waals surface area contributed by atoms with Gasteiger partial charge in [0, 0.05) is 12.1 Å². The fourth-order valence-electron chi connectivity index (χ4n) is 1.57. The van der Waals surface area contributed by atoms with Crippen molar-refractivity contribution in [3.8, 4) is 5.69 Å². The molecule has 0 bridgehead atoms. The average molecular weight is 245 g/mol. The molecule has 0 unspecified atom stereocenters. The Morgan fingerprint density at radius 3 is 3.06 bits per heavy atom. The molecule has 1 amide bonds. The topological polar surface area (TPSA) is 72.7 Å². The van der Waals surface area contributed by atoms with Gasteiger partial charge in [-0.15, -0.1) is 5.10 Å². The van der Waals surface area contributed by atoms with E-state index in [1.165, 1.54) is 6.33 Å². The fourth-order valence-corrected chi connectivity index (χ4v) is 1.57. The highest BCUT2D eigenvalue weighted by Gasteiger charge is 2.03. The molecule has 2 rings (SSSR count). The van der Waals surface area contributed by atoms with E-state index in [1.54, 1.807) is 4.68 Å². The first-order valence-electron chi connectivity index (χ1n) is 5.93. The minimum atomic E-state index is 0.0331. The lowest BCUT2D eigenvalue weighted by Gasteiger charge is -2.06. The first-order valence-corrected chi connectivity index (χ1v) is 5.93. The molecule has 0 aliphatic carbocycles. The molecule has 6 heteroatoms. The van der Waals surface area contributed by atoms with Gasteiger partial charge in [0.1, 0.15) is 6.33 Å². The second-order valence-corrected chi connectivity index (χ2v) is 3.96. The van der Waals surface area contributed by atoms with Crippen LogP contribution in [0.5, 0.6) is 0 Å². The normalized spacial score (nSPS) is 10.3. The number of carbonyl (C=O) groups is 1. The van der Waals surface area contributed by atoms with Gasteiger partial charge in [-0.1, -0.05) is 19.4 Å². The molecule has 6 nitrogen and oxygen atoms in total. The minimum absolute atomic E-state index is 0.0331. The number of carbonyl (C=O) groups excluding carboxylic acids is 1. The average Bonchev–Trinajstić information content (AvgIpc) is 2.90. The summed E-state index contributed by atoms with van der Waals surface area (Å²) in [7, 11) is 0. The summed E-state index contributed by atoms with van der Waals surface area (Å²) in [6, 6.07) is 7.41. The number of benzene rings is 1. The summed E-state index contributed by atoms with van der Waals surface area (Å²) in [5.74, 6) is 0.0331. The number of hydrogen-bond donors (Lipinski definition) is 1. The van der Waals surface area contributed by atoms with Gasteiger partial charge in [0.25, 0.3) is 0 Å². The van der Waals surface area contributed by atoms with Crippen LogP contribution in [0.25, 0.3) is 5.69 Å². The molecule has 1 aromatic heterocycles. The van der Waals surface area contributed by atoms with Crippen molar-refractivity contribution < 1.29 is 4.79 Å². The van der Waals surface area contributed by atoms with E-state index in [9.17, 15) is 4.79 Å². The van der Waals surface area contributed by atoms with Gasteiger partial charge in [0.05, 0.1) is 5.69 Å². The molecule has 0 spiro atoms. The van der Waals surface area contributed by atoms with Gasteiger partial charge in [0.15, 0.2) is 0 Å². The predicted octanol–water partition coefficient (Wildman–Crippen LogP) is 1.79. The van der Waals surface area contributed by atoms with E-state index >= 15 is 0 Å². The van der Waals surface area contributed by atoms with Gasteiger partial charge in [0.2, 0.25) is 5.91 Å². The number of rotatable bonds is 5. The molecular formula is C12H15N5O. The summed E-state index contributed by atoms with van der Waals surface area (Å²) in [6.07, 6.45) is 3.97. The second kappa shape index (κ2) is 5.90. The van der Waals surface area contributed by atoms with Gasteiger partial charge < -0.3 is 5.32 Å². The third-order valence-corrected chi connectivity index (χ3v) is 2.50. The van der Waals surface area contributed by atoms with Crippen LogP contribution in [0.15, 0.2) is 30.6 Å². The molecule has 1 aromatic carbocycles. The quantitative estimate of drug-likeness (QED) is 0.871. The van der Waals surface area contributed by atoms with Crippen LogP contribution in [0.4, 0.5) is 5.69 Å². The van der Waals surface area contributed by atoms with E-state index < -0.39 is 0 Å². The number of hydrogen-bond acceptors (Lipinski definition) is 4. The summed E-state index contributed by atoms with van der Waals surface area (Å²) in [5, 5.41) is 13.8. The number of nitrogens with one attached hydrogen (secondary N) is 1. The van der Waals surface area contributed by atoms with Crippen molar-refractivity contribution in [3.05, 3.63) is 30.6 Å². The number of amides is 1. The summed E-state index contributed by atoms with van der Waals surface area (Å²) in [5.41, 5.74) is 1.57. The molecule has 1 heterocycles. The molecule has 0 saturated heterocycles. The van der Waals surface area contributed by atoms with Crippen LogP contribution in [-0.2, 0) is 4.79 Å². The zero-order valence-corrected chi connectivity index (χ0v) is 10.2. The van der Waals surface area contributed by atoms with Gasteiger partial charge in [-0.25, -0.2) is 4.68 Å². The minimum Gasteiger partial charge on any atom is -0.326 e. The van der Waals surface area contributed by atoms with Crippen molar-refractivity contribution >= 4 is 11.6 Å². The summed E-state index contributed by atoms with van der Waals surface area (Å²) >= 11 is 0. The monoisotopic (exact) mass is 245 g/mol. The van der Waals surface area contributed by atoms with E-state index in [4.69, 9.17) is 0 Å². The van der Waals surface area contributed by atoms with Gasteiger partial charge >= 0.3 is 0 Å². The van der Waals surface area contributed by atoms with Crippen LogP contribution < -0.4 is 5.32 Å². The zero-order chi connectivity index (χ0) is 12.8. The molecule has 0 aliphatic heterocycles. The van der Waals surface area contributed by atoms with E-state index in [2.05, 4.69) is 27.8 Å². The summed E-state index contributed by atoms with van der Waals surface area (Å²) in [4.78, 5) is 11.6. The van der Waals surface area contributed by atoms with Crippen molar-refractivity contribution in [1.82, 2.24) is 20.2 Å². The Morgan fingerprint density at radius 1 is 1.44 bits per heavy atom. The second-order valence-electron chi connectivity index (χ2n) is 3.96. The number of unbranched alkanes of at least 4 members (excludes halogenated alkanes) is 1. The lowest BCUT2D eigenvalue weighted by molar-refractivity contribution is -0.116. The van der Waals surface area contributed by atoms with Crippen molar-refractivity contribution in [1.29, 1.82) is 0 Å². The highest BCUT2D eigenvalue weighted by molar-refractivity contribution is 5.90. The predicted molar refractivity (Wildman–Crippen MR) is 67.3 cm³/mol. The highest BCUT2D eigenvalue weighted by atomic mass is 16.1. The first-order chi connectivity index (χ1) is 8.79. The lowest BCUT2D eigenvalue weighted by atomic mass is 10.2. The van der Waals surface area contributed by atoms with Gasteiger partial charge in [-0.05, 0) is 35.0 Å². The molecule has 0 saturated carbocycles. The summed E-state index contributed by atoms with van der Waals surface area (Å²) < 4.78 is 1.54. The third-order valence-electron chi connectivity index (χ3n) is 2.50. The van der Waals surface area contributed by atoms with Crippen molar-refractivity contribution in [2.45, 2.75) is 26.2 Å². The Kier molecular flexibility index (Phi) is 4.01. The Bertz CT molecular complexity index is 509. The number of tetrazole rings is 1.